The van der Waals surface area contributed by atoms with Crippen molar-refractivity contribution in [3.63, 3.8) is 0 Å². The topological polar surface area (TPSA) is 42.4 Å². The van der Waals surface area contributed by atoms with Crippen molar-refractivity contribution in [2.24, 2.45) is 11.3 Å². The maximum Gasteiger partial charge on any atom is 0.186 e. The molecule has 2 heterocycles. The molecule has 0 amide bonds. The van der Waals surface area contributed by atoms with Crippen LogP contribution in [0, 0.1) is 11.3 Å². The van der Waals surface area contributed by atoms with Crippen LogP contribution in [0.15, 0.2) is 0 Å². The van der Waals surface area contributed by atoms with Gasteiger partial charge >= 0.3 is 0 Å². The maximum absolute atomic E-state index is 12.3. The summed E-state index contributed by atoms with van der Waals surface area (Å²) in [5, 5.41) is 1.03. The third-order valence-electron chi connectivity index (χ3n) is 4.42. The minimum atomic E-state index is 0.0515. The van der Waals surface area contributed by atoms with Crippen molar-refractivity contribution in [2.45, 2.75) is 39.5 Å². The lowest BCUT2D eigenvalue weighted by Gasteiger charge is -2.32. The number of rotatable bonds is 3. The molecule has 1 aliphatic carbocycles. The summed E-state index contributed by atoms with van der Waals surface area (Å²) < 4.78 is 5.29. The summed E-state index contributed by atoms with van der Waals surface area (Å²) in [6.07, 6.45) is 3.97. The van der Waals surface area contributed by atoms with Crippen LogP contribution < -0.4 is 4.90 Å². The van der Waals surface area contributed by atoms with Crippen LogP contribution in [0.1, 0.15) is 48.5 Å². The Morgan fingerprint density at radius 2 is 2.24 bits per heavy atom. The quantitative estimate of drug-likeness (QED) is 0.860. The van der Waals surface area contributed by atoms with Crippen LogP contribution in [0.5, 0.6) is 0 Å². The predicted octanol–water partition coefficient (Wildman–Crippen LogP) is 3.16. The van der Waals surface area contributed by atoms with Gasteiger partial charge in [-0.25, -0.2) is 4.98 Å². The Bertz CT molecular complexity index is 536. The Morgan fingerprint density at radius 1 is 1.43 bits per heavy atom. The Morgan fingerprint density at radius 3 is 3.00 bits per heavy atom. The molecule has 1 aromatic heterocycles. The van der Waals surface area contributed by atoms with Gasteiger partial charge in [-0.3, -0.25) is 4.79 Å². The van der Waals surface area contributed by atoms with Gasteiger partial charge in [-0.05, 0) is 30.6 Å². The molecular formula is C16H24N2O2S. The lowest BCUT2D eigenvalue weighted by Crippen LogP contribution is -2.37. The fraction of sp³-hybridized carbons (Fsp3) is 0.750. The lowest BCUT2D eigenvalue weighted by atomic mass is 9.78. The average Bonchev–Trinajstić information content (AvgIpc) is 2.82. The van der Waals surface area contributed by atoms with Gasteiger partial charge in [0.15, 0.2) is 10.9 Å². The molecule has 2 aliphatic rings. The first-order chi connectivity index (χ1) is 9.98. The molecule has 1 aromatic rings. The van der Waals surface area contributed by atoms with Gasteiger partial charge < -0.3 is 9.64 Å². The summed E-state index contributed by atoms with van der Waals surface area (Å²) in [5.41, 5.74) is 1.07. The molecule has 4 nitrogen and oxygen atoms in total. The molecule has 0 N–H and O–H groups in total. The number of thiazole rings is 1. The van der Waals surface area contributed by atoms with Gasteiger partial charge in [0.25, 0.3) is 0 Å². The van der Waals surface area contributed by atoms with E-state index in [0.717, 1.165) is 41.8 Å². The van der Waals surface area contributed by atoms with Crippen molar-refractivity contribution in [3.8, 4) is 0 Å². The smallest absolute Gasteiger partial charge is 0.186 e. The SMILES string of the molecule is COCC1CCCN(c2nc3c(s2)C(=O)CC(C)(C)C3)C1. The summed E-state index contributed by atoms with van der Waals surface area (Å²) in [6, 6.07) is 0. The largest absolute Gasteiger partial charge is 0.384 e. The van der Waals surface area contributed by atoms with Crippen molar-refractivity contribution in [1.29, 1.82) is 0 Å². The minimum Gasteiger partial charge on any atom is -0.384 e. The molecule has 0 radical (unpaired) electrons. The molecule has 1 unspecified atom stereocenters. The third kappa shape index (κ3) is 3.14. The van der Waals surface area contributed by atoms with Crippen LogP contribution >= 0.6 is 11.3 Å². The molecule has 1 aliphatic heterocycles. The molecule has 0 bridgehead atoms. The standard InChI is InChI=1S/C16H24N2O2S/c1-16(2)7-12-14(13(19)8-16)21-15(17-12)18-6-4-5-11(9-18)10-20-3/h11H,4-10H2,1-3H3. The monoisotopic (exact) mass is 308 g/mol. The minimum absolute atomic E-state index is 0.0515. The molecule has 1 atom stereocenters. The van der Waals surface area contributed by atoms with E-state index in [1.165, 1.54) is 12.8 Å². The molecule has 5 heteroatoms. The molecule has 1 saturated heterocycles. The fourth-order valence-electron chi connectivity index (χ4n) is 3.45. The summed E-state index contributed by atoms with van der Waals surface area (Å²) >= 11 is 1.60. The first-order valence-electron chi connectivity index (χ1n) is 7.75. The molecule has 0 saturated carbocycles. The number of anilines is 1. The van der Waals surface area contributed by atoms with Gasteiger partial charge in [0.1, 0.15) is 0 Å². The number of aromatic nitrogens is 1. The van der Waals surface area contributed by atoms with Gasteiger partial charge in [-0.2, -0.15) is 0 Å². The fourth-order valence-corrected chi connectivity index (χ4v) is 4.51. The van der Waals surface area contributed by atoms with E-state index in [1.807, 2.05) is 0 Å². The number of piperidine rings is 1. The first-order valence-corrected chi connectivity index (χ1v) is 8.57. The van der Waals surface area contributed by atoms with E-state index in [0.29, 0.717) is 12.3 Å². The highest BCUT2D eigenvalue weighted by molar-refractivity contribution is 7.17. The maximum atomic E-state index is 12.3. The molecule has 21 heavy (non-hydrogen) atoms. The summed E-state index contributed by atoms with van der Waals surface area (Å²) in [5.74, 6) is 0.854. The predicted molar refractivity (Wildman–Crippen MR) is 85.4 cm³/mol. The van der Waals surface area contributed by atoms with Gasteiger partial charge in [0, 0.05) is 26.6 Å². The van der Waals surface area contributed by atoms with E-state index in [1.54, 1.807) is 18.4 Å². The number of carbonyl (C=O) groups is 1. The first kappa shape index (κ1) is 15.0. The lowest BCUT2D eigenvalue weighted by molar-refractivity contribution is 0.0916. The van der Waals surface area contributed by atoms with Crippen molar-refractivity contribution in [3.05, 3.63) is 10.6 Å². The van der Waals surface area contributed by atoms with Crippen LogP contribution in [-0.4, -0.2) is 37.6 Å². The summed E-state index contributed by atoms with van der Waals surface area (Å²) in [4.78, 5) is 20.3. The van der Waals surface area contributed by atoms with Crippen LogP contribution in [0.25, 0.3) is 0 Å². The van der Waals surface area contributed by atoms with E-state index in [4.69, 9.17) is 9.72 Å². The number of ketones is 1. The third-order valence-corrected chi connectivity index (χ3v) is 5.62. The van der Waals surface area contributed by atoms with Crippen LogP contribution in [-0.2, 0) is 11.2 Å². The van der Waals surface area contributed by atoms with Crippen LogP contribution in [0.2, 0.25) is 0 Å². The zero-order valence-electron chi connectivity index (χ0n) is 13.1. The number of methoxy groups -OCH3 is 1. The average molecular weight is 308 g/mol. The highest BCUT2D eigenvalue weighted by Crippen LogP contribution is 2.39. The van der Waals surface area contributed by atoms with Crippen molar-refractivity contribution < 1.29 is 9.53 Å². The Hall–Kier alpha value is -0.940. The van der Waals surface area contributed by atoms with Crippen molar-refractivity contribution >= 4 is 22.3 Å². The molecule has 0 aromatic carbocycles. The van der Waals surface area contributed by atoms with E-state index < -0.39 is 0 Å². The number of carbonyl (C=O) groups excluding carboxylic acids is 1. The van der Waals surface area contributed by atoms with Crippen molar-refractivity contribution in [1.82, 2.24) is 4.98 Å². The number of hydrogen-bond donors (Lipinski definition) is 0. The summed E-state index contributed by atoms with van der Waals surface area (Å²) in [7, 11) is 1.77. The number of ether oxygens (including phenoxy) is 1. The number of hydrogen-bond acceptors (Lipinski definition) is 5. The van der Waals surface area contributed by atoms with Crippen LogP contribution in [0.3, 0.4) is 0 Å². The van der Waals surface area contributed by atoms with Crippen LogP contribution in [0.4, 0.5) is 5.13 Å². The molecule has 1 fully saturated rings. The number of nitrogens with zero attached hydrogens (tertiary/aromatic N) is 2. The van der Waals surface area contributed by atoms with Gasteiger partial charge in [0.2, 0.25) is 0 Å². The second-order valence-electron chi connectivity index (χ2n) is 7.12. The number of fused-ring (bicyclic) bond motifs is 1. The highest BCUT2D eigenvalue weighted by Gasteiger charge is 2.35. The highest BCUT2D eigenvalue weighted by atomic mass is 32.1. The Kier molecular flexibility index (Phi) is 4.06. The number of Topliss-reactive ketones (excluding diaryl/α,β-unsaturated/α-hetero) is 1. The van der Waals surface area contributed by atoms with Gasteiger partial charge in [0.05, 0.1) is 17.2 Å². The van der Waals surface area contributed by atoms with Gasteiger partial charge in [-0.15, -0.1) is 0 Å². The molecule has 0 spiro atoms. The second-order valence-corrected chi connectivity index (χ2v) is 8.10. The molecule has 116 valence electrons. The van der Waals surface area contributed by atoms with Gasteiger partial charge in [-0.1, -0.05) is 25.2 Å². The molecule has 3 rings (SSSR count). The Balaban J connectivity index is 1.80. The summed E-state index contributed by atoms with van der Waals surface area (Å²) in [6.45, 7) is 7.17. The molecular weight excluding hydrogens is 284 g/mol. The zero-order valence-corrected chi connectivity index (χ0v) is 14.0. The van der Waals surface area contributed by atoms with E-state index in [9.17, 15) is 4.79 Å². The van der Waals surface area contributed by atoms with Crippen molar-refractivity contribution in [2.75, 3.05) is 31.7 Å². The van der Waals surface area contributed by atoms with E-state index in [-0.39, 0.29) is 11.2 Å². The zero-order chi connectivity index (χ0) is 15.0. The van der Waals surface area contributed by atoms with E-state index in [2.05, 4.69) is 18.7 Å². The normalized spacial score (nSPS) is 25.0. The second kappa shape index (κ2) is 5.69. The Labute approximate surface area is 130 Å². The van der Waals surface area contributed by atoms with E-state index >= 15 is 0 Å².